The van der Waals surface area contributed by atoms with Crippen LogP contribution >= 0.6 is 11.6 Å². The fraction of sp³-hybridized carbons (Fsp3) is 0. The first kappa shape index (κ1) is 11.5. The number of halogens is 3. The molecule has 17 heavy (non-hydrogen) atoms. The Kier molecular flexibility index (Phi) is 3.06. The van der Waals surface area contributed by atoms with Gasteiger partial charge >= 0.3 is 0 Å². The molecule has 0 radical (unpaired) electrons. The maximum atomic E-state index is 12.9. The van der Waals surface area contributed by atoms with Gasteiger partial charge in [-0.2, -0.15) is 4.98 Å². The van der Waals surface area contributed by atoms with Crippen molar-refractivity contribution in [1.82, 2.24) is 9.97 Å². The molecule has 88 valence electrons. The van der Waals surface area contributed by atoms with Gasteiger partial charge in [0.25, 0.3) is 0 Å². The molecule has 2 aromatic rings. The van der Waals surface area contributed by atoms with E-state index in [-0.39, 0.29) is 22.5 Å². The summed E-state index contributed by atoms with van der Waals surface area (Å²) in [4.78, 5) is 7.36. The zero-order valence-corrected chi connectivity index (χ0v) is 9.08. The second-order valence-corrected chi connectivity index (χ2v) is 3.42. The van der Waals surface area contributed by atoms with Crippen molar-refractivity contribution in [2.75, 3.05) is 5.73 Å². The Balaban J connectivity index is 2.31. The number of ether oxygens (including phenoxy) is 1. The standard InChI is InChI=1S/C10H6ClF2N3O/c11-9-8(14)10(16-4-15-9)17-5-1-2-6(12)7(13)3-5/h1-4H,14H2. The van der Waals surface area contributed by atoms with Gasteiger partial charge in [0.15, 0.2) is 16.8 Å². The monoisotopic (exact) mass is 257 g/mol. The minimum Gasteiger partial charge on any atom is -0.437 e. The summed E-state index contributed by atoms with van der Waals surface area (Å²) in [5, 5.41) is 0.0255. The van der Waals surface area contributed by atoms with E-state index in [9.17, 15) is 8.78 Å². The highest BCUT2D eigenvalue weighted by Gasteiger charge is 2.10. The zero-order chi connectivity index (χ0) is 12.4. The number of hydrogen-bond donors (Lipinski definition) is 1. The minimum atomic E-state index is -1.03. The normalized spacial score (nSPS) is 10.3. The van der Waals surface area contributed by atoms with Crippen LogP contribution in [0.25, 0.3) is 0 Å². The number of benzene rings is 1. The van der Waals surface area contributed by atoms with Crippen LogP contribution in [0.4, 0.5) is 14.5 Å². The molecule has 4 nitrogen and oxygen atoms in total. The summed E-state index contributed by atoms with van der Waals surface area (Å²) in [6.45, 7) is 0. The number of anilines is 1. The summed E-state index contributed by atoms with van der Waals surface area (Å²) in [6, 6.07) is 3.06. The van der Waals surface area contributed by atoms with Crippen LogP contribution < -0.4 is 10.5 Å². The van der Waals surface area contributed by atoms with Crippen molar-refractivity contribution in [1.29, 1.82) is 0 Å². The number of rotatable bonds is 2. The van der Waals surface area contributed by atoms with Gasteiger partial charge in [-0.05, 0) is 12.1 Å². The third-order valence-electron chi connectivity index (χ3n) is 1.90. The van der Waals surface area contributed by atoms with Crippen LogP contribution in [0.15, 0.2) is 24.5 Å². The average molecular weight is 258 g/mol. The van der Waals surface area contributed by atoms with Gasteiger partial charge < -0.3 is 10.5 Å². The molecule has 7 heteroatoms. The van der Waals surface area contributed by atoms with E-state index in [1.165, 1.54) is 6.07 Å². The van der Waals surface area contributed by atoms with Crippen LogP contribution in [0.3, 0.4) is 0 Å². The predicted octanol–water partition coefficient (Wildman–Crippen LogP) is 2.78. The van der Waals surface area contributed by atoms with Crippen molar-refractivity contribution < 1.29 is 13.5 Å². The number of hydrogen-bond acceptors (Lipinski definition) is 4. The van der Waals surface area contributed by atoms with Crippen molar-refractivity contribution >= 4 is 17.3 Å². The molecule has 0 atom stereocenters. The van der Waals surface area contributed by atoms with Gasteiger partial charge in [0, 0.05) is 6.07 Å². The lowest BCUT2D eigenvalue weighted by Gasteiger charge is -2.07. The maximum Gasteiger partial charge on any atom is 0.247 e. The summed E-state index contributed by atoms with van der Waals surface area (Å²) in [5.41, 5.74) is 5.58. The third-order valence-corrected chi connectivity index (χ3v) is 2.21. The van der Waals surface area contributed by atoms with E-state index >= 15 is 0 Å². The summed E-state index contributed by atoms with van der Waals surface area (Å²) in [6.07, 6.45) is 1.15. The Hall–Kier alpha value is -1.95. The average Bonchev–Trinajstić information content (AvgIpc) is 2.30. The van der Waals surface area contributed by atoms with Crippen LogP contribution in [0.2, 0.25) is 5.15 Å². The Bertz CT molecular complexity index is 565. The number of nitrogens with two attached hydrogens (primary N) is 1. The highest BCUT2D eigenvalue weighted by Crippen LogP contribution is 2.29. The second kappa shape index (κ2) is 4.50. The van der Waals surface area contributed by atoms with Crippen LogP contribution in [0, 0.1) is 11.6 Å². The van der Waals surface area contributed by atoms with Crippen molar-refractivity contribution in [2.45, 2.75) is 0 Å². The Labute approximate surface area is 100 Å². The Morgan fingerprint density at radius 2 is 1.94 bits per heavy atom. The van der Waals surface area contributed by atoms with Gasteiger partial charge in [-0.15, -0.1) is 0 Å². The van der Waals surface area contributed by atoms with Crippen LogP contribution in [0.1, 0.15) is 0 Å². The number of nitrogens with zero attached hydrogens (tertiary/aromatic N) is 2. The molecular formula is C10H6ClF2N3O. The molecule has 1 heterocycles. The second-order valence-electron chi connectivity index (χ2n) is 3.06. The molecule has 2 rings (SSSR count). The Morgan fingerprint density at radius 1 is 1.18 bits per heavy atom. The lowest BCUT2D eigenvalue weighted by Crippen LogP contribution is -1.98. The van der Waals surface area contributed by atoms with E-state index in [4.69, 9.17) is 22.1 Å². The van der Waals surface area contributed by atoms with Crippen LogP contribution in [0.5, 0.6) is 11.6 Å². The quantitative estimate of drug-likeness (QED) is 0.841. The molecular weight excluding hydrogens is 252 g/mol. The lowest BCUT2D eigenvalue weighted by molar-refractivity contribution is 0.448. The van der Waals surface area contributed by atoms with Crippen molar-refractivity contribution in [3.63, 3.8) is 0 Å². The molecule has 0 spiro atoms. The SMILES string of the molecule is Nc1c(Cl)ncnc1Oc1ccc(F)c(F)c1. The highest BCUT2D eigenvalue weighted by molar-refractivity contribution is 6.32. The summed E-state index contributed by atoms with van der Waals surface area (Å²) in [5.74, 6) is -1.95. The minimum absolute atomic E-state index is 0.0176. The first-order chi connectivity index (χ1) is 8.08. The maximum absolute atomic E-state index is 12.9. The van der Waals surface area contributed by atoms with E-state index in [0.717, 1.165) is 18.5 Å². The van der Waals surface area contributed by atoms with E-state index < -0.39 is 11.6 Å². The highest BCUT2D eigenvalue weighted by atomic mass is 35.5. The molecule has 0 unspecified atom stereocenters. The van der Waals surface area contributed by atoms with Gasteiger partial charge in [-0.25, -0.2) is 13.8 Å². The third kappa shape index (κ3) is 2.42. The first-order valence-corrected chi connectivity index (χ1v) is 4.84. The van der Waals surface area contributed by atoms with Gasteiger partial charge in [0.1, 0.15) is 17.8 Å². The molecule has 2 N–H and O–H groups in total. The van der Waals surface area contributed by atoms with E-state index in [1.807, 2.05) is 0 Å². The zero-order valence-electron chi connectivity index (χ0n) is 8.32. The van der Waals surface area contributed by atoms with Gasteiger partial charge in [0.2, 0.25) is 5.88 Å². The molecule has 0 aliphatic heterocycles. The van der Waals surface area contributed by atoms with Crippen molar-refractivity contribution in [2.24, 2.45) is 0 Å². The molecule has 0 saturated carbocycles. The van der Waals surface area contributed by atoms with Gasteiger partial charge in [0.05, 0.1) is 0 Å². The first-order valence-electron chi connectivity index (χ1n) is 4.47. The predicted molar refractivity (Wildman–Crippen MR) is 57.9 cm³/mol. The fourth-order valence-corrected chi connectivity index (χ4v) is 1.22. The molecule has 0 saturated heterocycles. The van der Waals surface area contributed by atoms with E-state index in [1.54, 1.807) is 0 Å². The molecule has 0 aliphatic rings. The van der Waals surface area contributed by atoms with Crippen LogP contribution in [-0.4, -0.2) is 9.97 Å². The molecule has 0 fully saturated rings. The molecule has 1 aromatic heterocycles. The topological polar surface area (TPSA) is 61.0 Å². The van der Waals surface area contributed by atoms with Gasteiger partial charge in [-0.3, -0.25) is 0 Å². The van der Waals surface area contributed by atoms with Crippen LogP contribution in [-0.2, 0) is 0 Å². The van der Waals surface area contributed by atoms with Gasteiger partial charge in [-0.1, -0.05) is 11.6 Å². The Morgan fingerprint density at radius 3 is 2.65 bits per heavy atom. The molecule has 1 aromatic carbocycles. The fourth-order valence-electron chi connectivity index (χ4n) is 1.09. The molecule has 0 amide bonds. The summed E-state index contributed by atoms with van der Waals surface area (Å²) >= 11 is 5.65. The number of aromatic nitrogens is 2. The molecule has 0 bridgehead atoms. The lowest BCUT2D eigenvalue weighted by atomic mass is 10.3. The molecule has 0 aliphatic carbocycles. The van der Waals surface area contributed by atoms with E-state index in [0.29, 0.717) is 0 Å². The largest absolute Gasteiger partial charge is 0.437 e. The summed E-state index contributed by atoms with van der Waals surface area (Å²) in [7, 11) is 0. The summed E-state index contributed by atoms with van der Waals surface area (Å²) < 4.78 is 30.8. The van der Waals surface area contributed by atoms with Crippen molar-refractivity contribution in [3.05, 3.63) is 41.3 Å². The van der Waals surface area contributed by atoms with E-state index in [2.05, 4.69) is 9.97 Å². The smallest absolute Gasteiger partial charge is 0.247 e. The number of nitrogen functional groups attached to an aromatic ring is 1. The van der Waals surface area contributed by atoms with Crippen molar-refractivity contribution in [3.8, 4) is 11.6 Å².